The third kappa shape index (κ3) is 5.48. The third-order valence-electron chi connectivity index (χ3n) is 5.22. The van der Waals surface area contributed by atoms with Gasteiger partial charge in [0, 0.05) is 38.8 Å². The van der Waals surface area contributed by atoms with Gasteiger partial charge in [0.05, 0.1) is 7.11 Å². The first-order valence-corrected chi connectivity index (χ1v) is 9.59. The number of aromatic hydroxyl groups is 1. The summed E-state index contributed by atoms with van der Waals surface area (Å²) >= 11 is 0. The molecule has 1 aliphatic rings. The summed E-state index contributed by atoms with van der Waals surface area (Å²) in [6.07, 6.45) is 3.36. The van der Waals surface area contributed by atoms with Crippen LogP contribution in [-0.4, -0.2) is 61.3 Å². The van der Waals surface area contributed by atoms with E-state index in [2.05, 4.69) is 40.1 Å². The van der Waals surface area contributed by atoms with Crippen LogP contribution < -0.4 is 4.74 Å². The first kappa shape index (κ1) is 18.7. The van der Waals surface area contributed by atoms with Crippen molar-refractivity contribution < 1.29 is 9.84 Å². The quantitative estimate of drug-likeness (QED) is 0.790. The molecule has 1 heterocycles. The number of hydrogen-bond acceptors (Lipinski definition) is 4. The fourth-order valence-electron chi connectivity index (χ4n) is 3.61. The van der Waals surface area contributed by atoms with Gasteiger partial charge in [-0.2, -0.15) is 0 Å². The van der Waals surface area contributed by atoms with Crippen molar-refractivity contribution in [3.05, 3.63) is 59.7 Å². The van der Waals surface area contributed by atoms with Crippen LogP contribution in [0.15, 0.2) is 48.5 Å². The molecule has 1 N–H and O–H groups in total. The van der Waals surface area contributed by atoms with Gasteiger partial charge >= 0.3 is 0 Å². The van der Waals surface area contributed by atoms with Gasteiger partial charge in [-0.25, -0.2) is 0 Å². The Bertz CT molecular complexity index is 667. The summed E-state index contributed by atoms with van der Waals surface area (Å²) in [5.41, 5.74) is 2.60. The minimum absolute atomic E-state index is 0.259. The Labute approximate surface area is 157 Å². The van der Waals surface area contributed by atoms with E-state index in [1.165, 1.54) is 24.9 Å². The molecular weight excluding hydrogens is 324 g/mol. The maximum absolute atomic E-state index is 9.56. The number of rotatable bonds is 8. The predicted octanol–water partition coefficient (Wildman–Crippen LogP) is 3.19. The zero-order chi connectivity index (χ0) is 18.2. The molecule has 1 saturated heterocycles. The maximum atomic E-state index is 9.56. The molecule has 0 unspecified atom stereocenters. The van der Waals surface area contributed by atoms with Gasteiger partial charge in [-0.05, 0) is 43.0 Å². The van der Waals surface area contributed by atoms with Crippen molar-refractivity contribution in [3.63, 3.8) is 0 Å². The Morgan fingerprint density at radius 1 is 0.885 bits per heavy atom. The number of ether oxygens (including phenoxy) is 1. The lowest BCUT2D eigenvalue weighted by Gasteiger charge is -2.34. The van der Waals surface area contributed by atoms with Crippen LogP contribution in [0.1, 0.15) is 17.5 Å². The Morgan fingerprint density at radius 3 is 2.27 bits per heavy atom. The van der Waals surface area contributed by atoms with E-state index in [9.17, 15) is 5.11 Å². The van der Waals surface area contributed by atoms with E-state index in [0.717, 1.165) is 50.5 Å². The molecule has 0 bridgehead atoms. The van der Waals surface area contributed by atoms with Gasteiger partial charge in [-0.1, -0.05) is 36.4 Å². The number of methoxy groups -OCH3 is 1. The van der Waals surface area contributed by atoms with Gasteiger partial charge in [-0.15, -0.1) is 0 Å². The largest absolute Gasteiger partial charge is 0.508 e. The van der Waals surface area contributed by atoms with Gasteiger partial charge in [0.2, 0.25) is 0 Å². The Morgan fingerprint density at radius 2 is 1.58 bits per heavy atom. The SMILES string of the molecule is COc1cc(O)ccc1CCN1CCN(CCCc2ccccc2)CC1. The number of nitrogens with zero attached hydrogens (tertiary/aromatic N) is 2. The van der Waals surface area contributed by atoms with Gasteiger partial charge in [-0.3, -0.25) is 0 Å². The smallest absolute Gasteiger partial charge is 0.125 e. The van der Waals surface area contributed by atoms with E-state index in [1.54, 1.807) is 19.2 Å². The van der Waals surface area contributed by atoms with Crippen molar-refractivity contribution in [3.8, 4) is 11.5 Å². The lowest BCUT2D eigenvalue weighted by molar-refractivity contribution is 0.132. The first-order valence-electron chi connectivity index (χ1n) is 9.59. The van der Waals surface area contributed by atoms with Crippen LogP contribution in [0.25, 0.3) is 0 Å². The van der Waals surface area contributed by atoms with E-state index < -0.39 is 0 Å². The molecule has 0 atom stereocenters. The average Bonchev–Trinajstić information content (AvgIpc) is 2.69. The van der Waals surface area contributed by atoms with Gasteiger partial charge in [0.15, 0.2) is 0 Å². The number of phenolic OH excluding ortho intramolecular Hbond substituents is 1. The molecule has 0 radical (unpaired) electrons. The van der Waals surface area contributed by atoms with Crippen molar-refractivity contribution in [2.75, 3.05) is 46.4 Å². The fraction of sp³-hybridized carbons (Fsp3) is 0.455. The van der Waals surface area contributed by atoms with E-state index in [-0.39, 0.29) is 5.75 Å². The van der Waals surface area contributed by atoms with Crippen LogP contribution in [0.4, 0.5) is 0 Å². The second-order valence-electron chi connectivity index (χ2n) is 7.02. The second kappa shape index (κ2) is 9.60. The van der Waals surface area contributed by atoms with Crippen LogP contribution in [0.3, 0.4) is 0 Å². The monoisotopic (exact) mass is 354 g/mol. The number of aryl methyl sites for hydroxylation is 1. The highest BCUT2D eigenvalue weighted by Crippen LogP contribution is 2.24. The maximum Gasteiger partial charge on any atom is 0.125 e. The minimum Gasteiger partial charge on any atom is -0.508 e. The molecular formula is C22H30N2O2. The molecule has 0 saturated carbocycles. The number of piperazine rings is 1. The Kier molecular flexibility index (Phi) is 6.92. The molecule has 140 valence electrons. The van der Waals surface area contributed by atoms with Crippen LogP contribution in [0.5, 0.6) is 11.5 Å². The van der Waals surface area contributed by atoms with Gasteiger partial charge in [0.25, 0.3) is 0 Å². The van der Waals surface area contributed by atoms with E-state index >= 15 is 0 Å². The molecule has 2 aromatic carbocycles. The second-order valence-corrected chi connectivity index (χ2v) is 7.02. The van der Waals surface area contributed by atoms with Crippen LogP contribution in [0, 0.1) is 0 Å². The number of phenols is 1. The summed E-state index contributed by atoms with van der Waals surface area (Å²) in [7, 11) is 1.66. The van der Waals surface area contributed by atoms with Crippen molar-refractivity contribution in [2.24, 2.45) is 0 Å². The van der Waals surface area contributed by atoms with Crippen LogP contribution >= 0.6 is 0 Å². The molecule has 3 rings (SSSR count). The molecule has 4 nitrogen and oxygen atoms in total. The molecule has 2 aromatic rings. The topological polar surface area (TPSA) is 35.9 Å². The summed E-state index contributed by atoms with van der Waals surface area (Å²) in [5.74, 6) is 1.04. The summed E-state index contributed by atoms with van der Waals surface area (Å²) < 4.78 is 5.38. The van der Waals surface area contributed by atoms with Crippen LogP contribution in [-0.2, 0) is 12.8 Å². The molecule has 26 heavy (non-hydrogen) atoms. The van der Waals surface area contributed by atoms with Crippen molar-refractivity contribution in [1.82, 2.24) is 9.80 Å². The third-order valence-corrected chi connectivity index (χ3v) is 5.22. The molecule has 1 fully saturated rings. The highest BCUT2D eigenvalue weighted by molar-refractivity contribution is 5.40. The number of benzene rings is 2. The molecule has 0 spiro atoms. The first-order chi connectivity index (χ1) is 12.7. The van der Waals surface area contributed by atoms with Crippen molar-refractivity contribution in [2.45, 2.75) is 19.3 Å². The van der Waals surface area contributed by atoms with Crippen LogP contribution in [0.2, 0.25) is 0 Å². The molecule has 4 heteroatoms. The van der Waals surface area contributed by atoms with Crippen molar-refractivity contribution >= 4 is 0 Å². The van der Waals surface area contributed by atoms with E-state index in [0.29, 0.717) is 0 Å². The molecule has 0 amide bonds. The zero-order valence-corrected chi connectivity index (χ0v) is 15.7. The highest BCUT2D eigenvalue weighted by atomic mass is 16.5. The summed E-state index contributed by atoms with van der Waals surface area (Å²) in [4.78, 5) is 5.11. The lowest BCUT2D eigenvalue weighted by Crippen LogP contribution is -2.47. The Balaban J connectivity index is 1.36. The normalized spacial score (nSPS) is 15.9. The zero-order valence-electron chi connectivity index (χ0n) is 15.7. The number of hydrogen-bond donors (Lipinski definition) is 1. The predicted molar refractivity (Wildman–Crippen MR) is 106 cm³/mol. The summed E-state index contributed by atoms with van der Waals surface area (Å²) in [6, 6.07) is 16.2. The van der Waals surface area contributed by atoms with E-state index in [4.69, 9.17) is 4.74 Å². The Hall–Kier alpha value is -2.04. The fourth-order valence-corrected chi connectivity index (χ4v) is 3.61. The molecule has 1 aliphatic heterocycles. The van der Waals surface area contributed by atoms with Gasteiger partial charge < -0.3 is 19.6 Å². The highest BCUT2D eigenvalue weighted by Gasteiger charge is 2.16. The standard InChI is InChI=1S/C22H30N2O2/c1-26-22-18-21(25)10-9-20(22)11-13-24-16-14-23(15-17-24)12-5-8-19-6-3-2-4-7-19/h2-4,6-7,9-10,18,25H,5,8,11-17H2,1H3. The molecule has 0 aromatic heterocycles. The average molecular weight is 354 g/mol. The summed E-state index contributed by atoms with van der Waals surface area (Å²) in [6.45, 7) is 6.80. The van der Waals surface area contributed by atoms with Gasteiger partial charge in [0.1, 0.15) is 11.5 Å². The summed E-state index contributed by atoms with van der Waals surface area (Å²) in [5, 5.41) is 9.56. The van der Waals surface area contributed by atoms with E-state index in [1.807, 2.05) is 6.07 Å². The van der Waals surface area contributed by atoms with Crippen molar-refractivity contribution in [1.29, 1.82) is 0 Å². The minimum atomic E-state index is 0.259. The lowest BCUT2D eigenvalue weighted by atomic mass is 10.1. The molecule has 0 aliphatic carbocycles.